The second-order valence-corrected chi connectivity index (χ2v) is 6.85. The molecule has 2 amide bonds. The molecule has 0 unspecified atom stereocenters. The van der Waals surface area contributed by atoms with Crippen LogP contribution in [0.15, 0.2) is 70.0 Å². The molecule has 0 aliphatic carbocycles. The largest absolute Gasteiger partial charge is 0.448 e. The molecule has 140 valence electrons. The molecule has 0 bridgehead atoms. The number of benzene rings is 1. The van der Waals surface area contributed by atoms with Crippen LogP contribution in [0.1, 0.15) is 10.6 Å². The van der Waals surface area contributed by atoms with Gasteiger partial charge in [-0.05, 0) is 30.3 Å². The van der Waals surface area contributed by atoms with Gasteiger partial charge in [-0.3, -0.25) is 25.2 Å². The number of para-hydroxylation sites is 1. The Labute approximate surface area is 162 Å². The average Bonchev–Trinajstić information content (AvgIpc) is 3.35. The van der Waals surface area contributed by atoms with Gasteiger partial charge in [0.1, 0.15) is 6.54 Å². The summed E-state index contributed by atoms with van der Waals surface area (Å²) in [6.45, 7) is -0.213. The summed E-state index contributed by atoms with van der Waals surface area (Å²) in [5.74, 6) is -0.652. The van der Waals surface area contributed by atoms with Crippen LogP contribution >= 0.6 is 11.3 Å². The number of carbonyl (C=O) groups is 2. The Kier molecular flexibility index (Phi) is 4.73. The van der Waals surface area contributed by atoms with E-state index in [1.54, 1.807) is 18.2 Å². The maximum Gasteiger partial charge on any atom is 0.305 e. The lowest BCUT2D eigenvalue weighted by Crippen LogP contribution is -2.44. The molecule has 0 aliphatic heterocycles. The van der Waals surface area contributed by atoms with Crippen LogP contribution in [0.2, 0.25) is 0 Å². The number of thiazole rings is 1. The van der Waals surface area contributed by atoms with E-state index in [1.165, 1.54) is 34.2 Å². The van der Waals surface area contributed by atoms with Gasteiger partial charge in [-0.25, -0.2) is 4.98 Å². The van der Waals surface area contributed by atoms with Gasteiger partial charge in [0.25, 0.3) is 11.5 Å². The summed E-state index contributed by atoms with van der Waals surface area (Å²) in [5.41, 5.74) is 5.07. The SMILES string of the molecule is O=C(Cn1ccccc1=O)NNC(=O)c1ccc(-c2nc3ccccc3s2)o1. The Morgan fingerprint density at radius 1 is 1.04 bits per heavy atom. The van der Waals surface area contributed by atoms with Crippen LogP contribution in [0, 0.1) is 0 Å². The average molecular weight is 394 g/mol. The molecule has 8 nitrogen and oxygen atoms in total. The summed E-state index contributed by atoms with van der Waals surface area (Å²) in [7, 11) is 0. The van der Waals surface area contributed by atoms with Gasteiger partial charge in [0.15, 0.2) is 16.5 Å². The molecule has 0 aliphatic rings. The second-order valence-electron chi connectivity index (χ2n) is 5.82. The van der Waals surface area contributed by atoms with Crippen LogP contribution in [0.5, 0.6) is 0 Å². The van der Waals surface area contributed by atoms with Crippen molar-refractivity contribution in [3.05, 3.63) is 76.9 Å². The molecular formula is C19H14N4O4S. The van der Waals surface area contributed by atoms with E-state index < -0.39 is 11.8 Å². The van der Waals surface area contributed by atoms with Gasteiger partial charge in [-0.15, -0.1) is 11.3 Å². The number of rotatable bonds is 4. The fraction of sp³-hybridized carbons (Fsp3) is 0.0526. The Bertz CT molecular complexity index is 1190. The minimum absolute atomic E-state index is 0.0337. The zero-order valence-corrected chi connectivity index (χ0v) is 15.2. The fourth-order valence-electron chi connectivity index (χ4n) is 2.53. The number of pyridine rings is 1. The first-order chi connectivity index (χ1) is 13.6. The van der Waals surface area contributed by atoms with Crippen LogP contribution in [-0.4, -0.2) is 21.4 Å². The van der Waals surface area contributed by atoms with Crippen LogP contribution in [0.4, 0.5) is 0 Å². The van der Waals surface area contributed by atoms with Crippen molar-refractivity contribution >= 4 is 33.4 Å². The number of furan rings is 1. The van der Waals surface area contributed by atoms with Crippen molar-refractivity contribution in [3.8, 4) is 10.8 Å². The van der Waals surface area contributed by atoms with Crippen LogP contribution in [0.3, 0.4) is 0 Å². The molecule has 0 saturated carbocycles. The zero-order valence-electron chi connectivity index (χ0n) is 14.4. The number of carbonyl (C=O) groups excluding carboxylic acids is 2. The van der Waals surface area contributed by atoms with Crippen LogP contribution < -0.4 is 16.4 Å². The second kappa shape index (κ2) is 7.49. The Morgan fingerprint density at radius 3 is 2.68 bits per heavy atom. The van der Waals surface area contributed by atoms with E-state index in [4.69, 9.17) is 4.42 Å². The van der Waals surface area contributed by atoms with Gasteiger partial charge in [-0.2, -0.15) is 0 Å². The zero-order chi connectivity index (χ0) is 19.5. The van der Waals surface area contributed by atoms with Gasteiger partial charge in [0.2, 0.25) is 0 Å². The van der Waals surface area contributed by atoms with Crippen molar-refractivity contribution in [1.29, 1.82) is 0 Å². The van der Waals surface area contributed by atoms with E-state index in [9.17, 15) is 14.4 Å². The summed E-state index contributed by atoms with van der Waals surface area (Å²) >= 11 is 1.46. The fourth-order valence-corrected chi connectivity index (χ4v) is 3.45. The first-order valence-corrected chi connectivity index (χ1v) is 9.12. The number of aromatic nitrogens is 2. The Balaban J connectivity index is 1.40. The summed E-state index contributed by atoms with van der Waals surface area (Å²) in [6.07, 6.45) is 1.49. The normalized spacial score (nSPS) is 10.7. The van der Waals surface area contributed by atoms with E-state index in [0.29, 0.717) is 10.8 Å². The minimum Gasteiger partial charge on any atom is -0.448 e. The van der Waals surface area contributed by atoms with Crippen molar-refractivity contribution in [2.45, 2.75) is 6.54 Å². The third-order valence-corrected chi connectivity index (χ3v) is 4.91. The molecule has 28 heavy (non-hydrogen) atoms. The van der Waals surface area contributed by atoms with Gasteiger partial charge < -0.3 is 8.98 Å². The first kappa shape index (κ1) is 17.7. The molecule has 0 atom stereocenters. The van der Waals surface area contributed by atoms with Gasteiger partial charge >= 0.3 is 5.91 Å². The maximum absolute atomic E-state index is 12.2. The lowest BCUT2D eigenvalue weighted by atomic mass is 10.3. The minimum atomic E-state index is -0.610. The third kappa shape index (κ3) is 3.69. The van der Waals surface area contributed by atoms with Crippen LogP contribution in [-0.2, 0) is 11.3 Å². The molecule has 4 aromatic rings. The molecule has 0 spiro atoms. The number of hydrogen-bond donors (Lipinski definition) is 2. The van der Waals surface area contributed by atoms with E-state index >= 15 is 0 Å². The topological polar surface area (TPSA) is 106 Å². The lowest BCUT2D eigenvalue weighted by molar-refractivity contribution is -0.122. The first-order valence-electron chi connectivity index (χ1n) is 8.30. The van der Waals surface area contributed by atoms with Gasteiger partial charge in [0.05, 0.1) is 10.2 Å². The quantitative estimate of drug-likeness (QED) is 0.516. The van der Waals surface area contributed by atoms with Crippen molar-refractivity contribution in [3.63, 3.8) is 0 Å². The highest BCUT2D eigenvalue weighted by Gasteiger charge is 2.15. The summed E-state index contributed by atoms with van der Waals surface area (Å²) < 4.78 is 7.80. The van der Waals surface area contributed by atoms with Crippen molar-refractivity contribution in [2.75, 3.05) is 0 Å². The highest BCUT2D eigenvalue weighted by molar-refractivity contribution is 7.21. The standard InChI is InChI=1S/C19H14N4O4S/c24-16(11-23-10-4-3-7-17(23)25)21-22-18(26)13-8-9-14(27-13)19-20-12-5-1-2-6-15(12)28-19/h1-10H,11H2,(H,21,24)(H,22,26). The molecular weight excluding hydrogens is 380 g/mol. The number of nitrogens with zero attached hydrogens (tertiary/aromatic N) is 2. The van der Waals surface area contributed by atoms with E-state index in [1.807, 2.05) is 24.3 Å². The lowest BCUT2D eigenvalue weighted by Gasteiger charge is -2.07. The van der Waals surface area contributed by atoms with Gasteiger partial charge in [0, 0.05) is 12.3 Å². The van der Waals surface area contributed by atoms with Gasteiger partial charge in [-0.1, -0.05) is 18.2 Å². The molecule has 2 N–H and O–H groups in total. The van der Waals surface area contributed by atoms with E-state index in [2.05, 4.69) is 15.8 Å². The number of hydrogen-bond acceptors (Lipinski definition) is 6. The monoisotopic (exact) mass is 394 g/mol. The highest BCUT2D eigenvalue weighted by atomic mass is 32.1. The summed E-state index contributed by atoms with van der Waals surface area (Å²) in [6, 6.07) is 15.4. The predicted octanol–water partition coefficient (Wildman–Crippen LogP) is 2.18. The predicted molar refractivity (Wildman–Crippen MR) is 104 cm³/mol. The molecule has 0 fully saturated rings. The number of nitrogens with one attached hydrogen (secondary N) is 2. The summed E-state index contributed by atoms with van der Waals surface area (Å²) in [5, 5.41) is 0.660. The highest BCUT2D eigenvalue weighted by Crippen LogP contribution is 2.30. The van der Waals surface area contributed by atoms with Crippen LogP contribution in [0.25, 0.3) is 21.0 Å². The number of amides is 2. The smallest absolute Gasteiger partial charge is 0.305 e. The molecule has 3 heterocycles. The summed E-state index contributed by atoms with van der Waals surface area (Å²) in [4.78, 5) is 40.2. The number of fused-ring (bicyclic) bond motifs is 1. The van der Waals surface area contributed by atoms with Crippen molar-refractivity contribution in [1.82, 2.24) is 20.4 Å². The van der Waals surface area contributed by atoms with E-state index in [-0.39, 0.29) is 17.9 Å². The Hall–Kier alpha value is -3.72. The molecule has 1 aromatic carbocycles. The number of hydrazine groups is 1. The Morgan fingerprint density at radius 2 is 1.86 bits per heavy atom. The molecule has 0 radical (unpaired) electrons. The molecule has 0 saturated heterocycles. The van der Waals surface area contributed by atoms with Crippen molar-refractivity contribution in [2.24, 2.45) is 0 Å². The van der Waals surface area contributed by atoms with E-state index in [0.717, 1.165) is 10.2 Å². The molecule has 9 heteroatoms. The third-order valence-electron chi connectivity index (χ3n) is 3.86. The van der Waals surface area contributed by atoms with Crippen molar-refractivity contribution < 1.29 is 14.0 Å². The molecule has 4 rings (SSSR count). The molecule has 3 aromatic heterocycles. The maximum atomic E-state index is 12.2.